The number of hydrogen-bond donors (Lipinski definition) is 0. The van der Waals surface area contributed by atoms with Gasteiger partial charge in [-0.05, 0) is 43.5 Å². The van der Waals surface area contributed by atoms with E-state index in [1.807, 2.05) is 0 Å². The van der Waals surface area contributed by atoms with E-state index in [0.29, 0.717) is 0 Å². The minimum atomic E-state index is 0.969. The maximum atomic E-state index is 4.64. The van der Waals surface area contributed by atoms with Gasteiger partial charge >= 0.3 is 6.01 Å². The van der Waals surface area contributed by atoms with Crippen LogP contribution in [0, 0.1) is 0 Å². The minimum absolute atomic E-state index is 0.969. The lowest BCUT2D eigenvalue weighted by Crippen LogP contribution is -2.14. The van der Waals surface area contributed by atoms with Crippen LogP contribution in [0.5, 0.6) is 0 Å². The molecule has 0 aromatic heterocycles. The fourth-order valence-corrected chi connectivity index (χ4v) is 3.85. The van der Waals surface area contributed by atoms with Crippen molar-refractivity contribution in [3.63, 3.8) is 0 Å². The van der Waals surface area contributed by atoms with Gasteiger partial charge in [0.15, 0.2) is 0 Å². The molecular formula is C27H55N2+. The van der Waals surface area contributed by atoms with Gasteiger partial charge in [-0.1, -0.05) is 111 Å². The van der Waals surface area contributed by atoms with Crippen molar-refractivity contribution >= 4 is 6.01 Å². The third-order valence-electron chi connectivity index (χ3n) is 5.90. The van der Waals surface area contributed by atoms with E-state index in [-0.39, 0.29) is 0 Å². The van der Waals surface area contributed by atoms with E-state index in [0.717, 1.165) is 19.6 Å². The smallest absolute Gasteiger partial charge is 0.220 e. The number of aliphatic imine (C=N–C) groups is 1. The molecule has 0 aromatic rings. The summed E-state index contributed by atoms with van der Waals surface area (Å²) in [7, 11) is 0. The summed E-state index contributed by atoms with van der Waals surface area (Å²) in [6.07, 6.45) is 27.4. The van der Waals surface area contributed by atoms with E-state index >= 15 is 0 Å². The molecule has 0 saturated heterocycles. The van der Waals surface area contributed by atoms with Crippen LogP contribution in [0.3, 0.4) is 0 Å². The van der Waals surface area contributed by atoms with Crippen molar-refractivity contribution in [2.24, 2.45) is 4.99 Å². The van der Waals surface area contributed by atoms with Crippen LogP contribution in [-0.4, -0.2) is 30.2 Å². The molecule has 0 aromatic carbocycles. The minimum Gasteiger partial charge on any atom is -0.220 e. The summed E-state index contributed by atoms with van der Waals surface area (Å²) in [5.41, 5.74) is 0. The first-order valence-electron chi connectivity index (χ1n) is 13.5. The standard InChI is InChI=1S/C27H55N2/c1-4-7-10-13-16-17-20-23-26-29(25-22-19-15-12-9-6-3)27-28-24-21-18-14-11-8-5-2/h4-26H2,1-3H3/q+1. The van der Waals surface area contributed by atoms with Gasteiger partial charge in [0.1, 0.15) is 6.54 Å². The topological polar surface area (TPSA) is 15.4 Å². The predicted octanol–water partition coefficient (Wildman–Crippen LogP) is 9.03. The summed E-state index contributed by atoms with van der Waals surface area (Å²) in [5, 5.41) is 0. The molecule has 0 spiro atoms. The molecule has 0 heterocycles. The lowest BCUT2D eigenvalue weighted by Gasteiger charge is -2.05. The second kappa shape index (κ2) is 25.4. The van der Waals surface area contributed by atoms with E-state index < -0.39 is 0 Å². The Hall–Kier alpha value is -0.620. The van der Waals surface area contributed by atoms with Crippen LogP contribution >= 0.6 is 0 Å². The van der Waals surface area contributed by atoms with Gasteiger partial charge in [0.25, 0.3) is 0 Å². The van der Waals surface area contributed by atoms with E-state index in [2.05, 4.69) is 36.3 Å². The first-order valence-corrected chi connectivity index (χ1v) is 13.5. The molecule has 0 N–H and O–H groups in total. The third-order valence-corrected chi connectivity index (χ3v) is 5.90. The molecule has 29 heavy (non-hydrogen) atoms. The Morgan fingerprint density at radius 3 is 1.21 bits per heavy atom. The average Bonchev–Trinajstić information content (AvgIpc) is 2.73. The predicted molar refractivity (Wildman–Crippen MR) is 132 cm³/mol. The Bertz CT molecular complexity index is 369. The van der Waals surface area contributed by atoms with E-state index in [1.54, 1.807) is 0 Å². The van der Waals surface area contributed by atoms with Crippen LogP contribution in [-0.2, 0) is 0 Å². The van der Waals surface area contributed by atoms with Crippen molar-refractivity contribution in [1.29, 1.82) is 0 Å². The van der Waals surface area contributed by atoms with Gasteiger partial charge < -0.3 is 0 Å². The fourth-order valence-electron chi connectivity index (χ4n) is 3.85. The third kappa shape index (κ3) is 23.5. The molecule has 2 heteroatoms. The fraction of sp³-hybridized carbons (Fsp3) is 0.963. The molecule has 0 radical (unpaired) electrons. The normalized spacial score (nSPS) is 10.9. The SMILES string of the molecule is CCCCCCCCCC[N+](=C=NCCCCCCCC)CCCCCCCC. The van der Waals surface area contributed by atoms with E-state index in [9.17, 15) is 0 Å². The Labute approximate surface area is 184 Å². The second-order valence-corrected chi connectivity index (χ2v) is 8.98. The van der Waals surface area contributed by atoms with Gasteiger partial charge in [0.05, 0.1) is 13.1 Å². The lowest BCUT2D eigenvalue weighted by atomic mass is 10.1. The average molecular weight is 408 g/mol. The Morgan fingerprint density at radius 1 is 0.448 bits per heavy atom. The molecule has 0 unspecified atom stereocenters. The number of unbranched alkanes of at least 4 members (excludes halogenated alkanes) is 17. The maximum Gasteiger partial charge on any atom is 0.306 e. The monoisotopic (exact) mass is 407 g/mol. The van der Waals surface area contributed by atoms with Crippen molar-refractivity contribution in [1.82, 2.24) is 0 Å². The van der Waals surface area contributed by atoms with Crippen molar-refractivity contribution in [2.75, 3.05) is 19.6 Å². The van der Waals surface area contributed by atoms with E-state index in [4.69, 9.17) is 0 Å². The number of nitrogens with zero attached hydrogens (tertiary/aromatic N) is 2. The van der Waals surface area contributed by atoms with Gasteiger partial charge in [0.2, 0.25) is 0 Å². The summed E-state index contributed by atoms with van der Waals surface area (Å²) in [6.45, 7) is 10.1. The molecule has 0 aliphatic carbocycles. The molecule has 0 fully saturated rings. The lowest BCUT2D eigenvalue weighted by molar-refractivity contribution is -0.523. The summed E-state index contributed by atoms with van der Waals surface area (Å²) >= 11 is 0. The zero-order chi connectivity index (χ0) is 21.3. The Kier molecular flexibility index (Phi) is 24.9. The molecule has 2 nitrogen and oxygen atoms in total. The highest BCUT2D eigenvalue weighted by atomic mass is 15.0. The zero-order valence-electron chi connectivity index (χ0n) is 20.7. The first kappa shape index (κ1) is 28.4. The van der Waals surface area contributed by atoms with Crippen molar-refractivity contribution < 1.29 is 4.58 Å². The molecule has 0 atom stereocenters. The molecule has 0 bridgehead atoms. The highest BCUT2D eigenvalue weighted by molar-refractivity contribution is 5.33. The van der Waals surface area contributed by atoms with Crippen LogP contribution in [0.25, 0.3) is 0 Å². The summed E-state index contributed by atoms with van der Waals surface area (Å²) < 4.78 is 2.40. The van der Waals surface area contributed by atoms with Gasteiger partial charge in [-0.15, -0.1) is 0 Å². The van der Waals surface area contributed by atoms with Crippen LogP contribution in [0.2, 0.25) is 0 Å². The summed E-state index contributed by atoms with van der Waals surface area (Å²) in [5.74, 6) is 0. The molecule has 0 saturated carbocycles. The van der Waals surface area contributed by atoms with E-state index in [1.165, 1.54) is 128 Å². The highest BCUT2D eigenvalue weighted by Crippen LogP contribution is 2.09. The quantitative estimate of drug-likeness (QED) is 0.0911. The zero-order valence-corrected chi connectivity index (χ0v) is 20.7. The van der Waals surface area contributed by atoms with Gasteiger partial charge in [-0.3, -0.25) is 0 Å². The number of rotatable bonds is 23. The van der Waals surface area contributed by atoms with Crippen LogP contribution in [0.4, 0.5) is 0 Å². The van der Waals surface area contributed by atoms with Crippen LogP contribution in [0.15, 0.2) is 4.99 Å². The van der Waals surface area contributed by atoms with Crippen molar-refractivity contribution in [3.8, 4) is 0 Å². The highest BCUT2D eigenvalue weighted by Gasteiger charge is 2.02. The maximum absolute atomic E-state index is 4.64. The number of hydrogen-bond acceptors (Lipinski definition) is 1. The van der Waals surface area contributed by atoms with Gasteiger partial charge in [-0.2, -0.15) is 0 Å². The first-order chi connectivity index (χ1) is 14.3. The summed E-state index contributed by atoms with van der Waals surface area (Å²) in [6, 6.07) is 3.40. The molecular weight excluding hydrogens is 352 g/mol. The van der Waals surface area contributed by atoms with Crippen LogP contribution in [0.1, 0.15) is 149 Å². The van der Waals surface area contributed by atoms with Crippen molar-refractivity contribution in [3.05, 3.63) is 0 Å². The Balaban J connectivity index is 4.05. The molecule has 0 rings (SSSR count). The summed E-state index contributed by atoms with van der Waals surface area (Å²) in [4.78, 5) is 4.64. The molecule has 172 valence electrons. The van der Waals surface area contributed by atoms with Crippen molar-refractivity contribution in [2.45, 2.75) is 149 Å². The van der Waals surface area contributed by atoms with Gasteiger partial charge in [-0.25, -0.2) is 4.58 Å². The Morgan fingerprint density at radius 2 is 0.793 bits per heavy atom. The largest absolute Gasteiger partial charge is 0.306 e. The second-order valence-electron chi connectivity index (χ2n) is 8.98. The van der Waals surface area contributed by atoms with Crippen LogP contribution < -0.4 is 0 Å². The molecule has 0 amide bonds. The molecule has 0 aliphatic rings. The van der Waals surface area contributed by atoms with Gasteiger partial charge in [0, 0.05) is 0 Å². The molecule has 0 aliphatic heterocycles.